The highest BCUT2D eigenvalue weighted by Crippen LogP contribution is 2.28. The summed E-state index contributed by atoms with van der Waals surface area (Å²) in [6.45, 7) is 3.97. The first-order valence-electron chi connectivity index (χ1n) is 8.55. The molecule has 5 heteroatoms. The minimum absolute atomic E-state index is 0.157. The molecule has 0 fully saturated rings. The van der Waals surface area contributed by atoms with Gasteiger partial charge in [0.05, 0.1) is 0 Å². The van der Waals surface area contributed by atoms with Crippen LogP contribution >= 0.6 is 15.9 Å². The number of nitrogens with zero attached hydrogens (tertiary/aromatic N) is 1. The van der Waals surface area contributed by atoms with Gasteiger partial charge in [0.2, 0.25) is 5.89 Å². The van der Waals surface area contributed by atoms with Crippen LogP contribution in [0.15, 0.2) is 69.6 Å². The number of rotatable bonds is 3. The van der Waals surface area contributed by atoms with Gasteiger partial charge in [-0.15, -0.1) is 0 Å². The molecule has 4 rings (SSSR count). The maximum atomic E-state index is 12.5. The molecule has 3 aromatic carbocycles. The molecular weight excluding hydrogens is 404 g/mol. The van der Waals surface area contributed by atoms with Gasteiger partial charge < -0.3 is 9.73 Å². The van der Waals surface area contributed by atoms with E-state index in [4.69, 9.17) is 4.42 Å². The molecule has 4 nitrogen and oxygen atoms in total. The Morgan fingerprint density at radius 1 is 1.00 bits per heavy atom. The lowest BCUT2D eigenvalue weighted by molar-refractivity contribution is 0.102. The molecular formula is C22H17BrN2O2. The van der Waals surface area contributed by atoms with Gasteiger partial charge in [-0.05, 0) is 73.5 Å². The number of aromatic nitrogens is 1. The van der Waals surface area contributed by atoms with Crippen LogP contribution in [0, 0.1) is 13.8 Å². The van der Waals surface area contributed by atoms with Crippen molar-refractivity contribution in [2.45, 2.75) is 13.8 Å². The summed E-state index contributed by atoms with van der Waals surface area (Å²) in [7, 11) is 0. The van der Waals surface area contributed by atoms with E-state index in [1.165, 1.54) is 0 Å². The van der Waals surface area contributed by atoms with Crippen molar-refractivity contribution in [3.05, 3.63) is 81.8 Å². The van der Waals surface area contributed by atoms with Gasteiger partial charge in [0.1, 0.15) is 5.52 Å². The summed E-state index contributed by atoms with van der Waals surface area (Å²) >= 11 is 3.38. The fourth-order valence-electron chi connectivity index (χ4n) is 2.84. The molecule has 134 valence electrons. The summed E-state index contributed by atoms with van der Waals surface area (Å²) in [5.41, 5.74) is 5.81. The summed E-state index contributed by atoms with van der Waals surface area (Å²) in [5, 5.41) is 2.98. The summed E-state index contributed by atoms with van der Waals surface area (Å²) in [6.07, 6.45) is 0. The summed E-state index contributed by atoms with van der Waals surface area (Å²) < 4.78 is 6.84. The number of oxazole rings is 1. The van der Waals surface area contributed by atoms with E-state index >= 15 is 0 Å². The minimum atomic E-state index is -0.157. The van der Waals surface area contributed by atoms with Gasteiger partial charge in [0.25, 0.3) is 5.91 Å². The fourth-order valence-corrected chi connectivity index (χ4v) is 3.11. The number of carbonyl (C=O) groups excluding carboxylic acids is 1. The zero-order chi connectivity index (χ0) is 19.0. The van der Waals surface area contributed by atoms with Crippen LogP contribution in [0.4, 0.5) is 5.69 Å². The van der Waals surface area contributed by atoms with E-state index < -0.39 is 0 Å². The summed E-state index contributed by atoms with van der Waals surface area (Å²) in [5.74, 6) is 0.380. The average molecular weight is 421 g/mol. The maximum Gasteiger partial charge on any atom is 0.255 e. The lowest BCUT2D eigenvalue weighted by Crippen LogP contribution is -2.12. The minimum Gasteiger partial charge on any atom is -0.436 e. The molecule has 1 N–H and O–H groups in total. The van der Waals surface area contributed by atoms with Crippen LogP contribution in [0.2, 0.25) is 0 Å². The number of fused-ring (bicyclic) bond motifs is 1. The van der Waals surface area contributed by atoms with Crippen LogP contribution in [0.3, 0.4) is 0 Å². The number of carbonyl (C=O) groups is 1. The molecule has 1 aromatic heterocycles. The molecule has 27 heavy (non-hydrogen) atoms. The highest BCUT2D eigenvalue weighted by Gasteiger charge is 2.12. The van der Waals surface area contributed by atoms with Gasteiger partial charge in [0, 0.05) is 21.3 Å². The molecule has 0 bridgehead atoms. The normalized spacial score (nSPS) is 10.9. The summed E-state index contributed by atoms with van der Waals surface area (Å²) in [4.78, 5) is 17.1. The van der Waals surface area contributed by atoms with E-state index in [1.54, 1.807) is 12.1 Å². The molecule has 0 aliphatic heterocycles. The molecule has 0 radical (unpaired) electrons. The number of halogens is 1. The van der Waals surface area contributed by atoms with E-state index in [0.29, 0.717) is 11.5 Å². The maximum absolute atomic E-state index is 12.5. The predicted octanol–water partition coefficient (Wildman–Crippen LogP) is 6.13. The molecule has 1 heterocycles. The number of nitrogens with one attached hydrogen (secondary N) is 1. The zero-order valence-corrected chi connectivity index (χ0v) is 16.5. The second kappa shape index (κ2) is 7.00. The van der Waals surface area contributed by atoms with E-state index in [9.17, 15) is 4.79 Å². The van der Waals surface area contributed by atoms with Crippen molar-refractivity contribution in [3.63, 3.8) is 0 Å². The number of benzene rings is 3. The first kappa shape index (κ1) is 17.5. The topological polar surface area (TPSA) is 55.1 Å². The average Bonchev–Trinajstić information content (AvgIpc) is 3.07. The van der Waals surface area contributed by atoms with Gasteiger partial charge >= 0.3 is 0 Å². The van der Waals surface area contributed by atoms with Crippen LogP contribution in [0.1, 0.15) is 21.5 Å². The third kappa shape index (κ3) is 3.64. The molecule has 4 aromatic rings. The van der Waals surface area contributed by atoms with Gasteiger partial charge in [0.15, 0.2) is 5.58 Å². The third-order valence-corrected chi connectivity index (χ3v) is 4.91. The van der Waals surface area contributed by atoms with Crippen molar-refractivity contribution >= 4 is 38.6 Å². The largest absolute Gasteiger partial charge is 0.436 e. The molecule has 0 atom stereocenters. The number of anilines is 1. The quantitative estimate of drug-likeness (QED) is 0.433. The Hall–Kier alpha value is -2.92. The lowest BCUT2D eigenvalue weighted by atomic mass is 10.1. The van der Waals surface area contributed by atoms with Crippen molar-refractivity contribution in [1.29, 1.82) is 0 Å². The summed E-state index contributed by atoms with van der Waals surface area (Å²) in [6, 6.07) is 19.0. The third-order valence-electron chi connectivity index (χ3n) is 4.38. The van der Waals surface area contributed by atoms with Crippen LogP contribution in [-0.4, -0.2) is 10.9 Å². The lowest BCUT2D eigenvalue weighted by Gasteiger charge is -2.10. The van der Waals surface area contributed by atoms with Gasteiger partial charge in [-0.25, -0.2) is 4.98 Å². The van der Waals surface area contributed by atoms with E-state index in [-0.39, 0.29) is 5.91 Å². The number of hydrogen-bond donors (Lipinski definition) is 1. The van der Waals surface area contributed by atoms with E-state index in [1.807, 2.05) is 62.4 Å². The molecule has 0 aliphatic carbocycles. The standard InChI is InChI=1S/C22H17BrN2O2/c1-13-3-10-18-20(11-13)27-22(25-18)16-5-4-14(2)19(12-16)24-21(26)15-6-8-17(23)9-7-15/h3-12H,1-2H3,(H,24,26). The van der Waals surface area contributed by atoms with E-state index in [2.05, 4.69) is 26.2 Å². The smallest absolute Gasteiger partial charge is 0.255 e. The van der Waals surface area contributed by atoms with Crippen molar-refractivity contribution in [2.75, 3.05) is 5.32 Å². The number of aryl methyl sites for hydroxylation is 2. The Bertz CT molecular complexity index is 1150. The molecule has 0 saturated carbocycles. The predicted molar refractivity (Wildman–Crippen MR) is 111 cm³/mol. The Labute approximate surface area is 165 Å². The van der Waals surface area contributed by atoms with Gasteiger partial charge in [-0.3, -0.25) is 4.79 Å². The highest BCUT2D eigenvalue weighted by molar-refractivity contribution is 9.10. The Morgan fingerprint density at radius 3 is 2.56 bits per heavy atom. The number of amides is 1. The van der Waals surface area contributed by atoms with Crippen molar-refractivity contribution in [3.8, 4) is 11.5 Å². The van der Waals surface area contributed by atoms with E-state index in [0.717, 1.165) is 38.0 Å². The fraction of sp³-hybridized carbons (Fsp3) is 0.0909. The van der Waals surface area contributed by atoms with Crippen molar-refractivity contribution < 1.29 is 9.21 Å². The molecule has 0 saturated heterocycles. The first-order valence-corrected chi connectivity index (χ1v) is 9.34. The molecule has 0 unspecified atom stereocenters. The molecule has 0 aliphatic rings. The van der Waals surface area contributed by atoms with Crippen LogP contribution in [-0.2, 0) is 0 Å². The highest BCUT2D eigenvalue weighted by atomic mass is 79.9. The zero-order valence-electron chi connectivity index (χ0n) is 14.9. The van der Waals surface area contributed by atoms with Crippen molar-refractivity contribution in [2.24, 2.45) is 0 Å². The Morgan fingerprint density at radius 2 is 1.78 bits per heavy atom. The first-order chi connectivity index (χ1) is 13.0. The molecule has 0 spiro atoms. The Kier molecular flexibility index (Phi) is 4.54. The Balaban J connectivity index is 1.66. The van der Waals surface area contributed by atoms with Crippen molar-refractivity contribution in [1.82, 2.24) is 4.98 Å². The van der Waals surface area contributed by atoms with Crippen LogP contribution < -0.4 is 5.32 Å². The van der Waals surface area contributed by atoms with Crippen LogP contribution in [0.5, 0.6) is 0 Å². The second-order valence-electron chi connectivity index (χ2n) is 6.48. The second-order valence-corrected chi connectivity index (χ2v) is 7.40. The van der Waals surface area contributed by atoms with Gasteiger partial charge in [-0.1, -0.05) is 28.1 Å². The number of hydrogen-bond acceptors (Lipinski definition) is 3. The monoisotopic (exact) mass is 420 g/mol. The molecule has 1 amide bonds. The van der Waals surface area contributed by atoms with Crippen LogP contribution in [0.25, 0.3) is 22.6 Å². The van der Waals surface area contributed by atoms with Gasteiger partial charge in [-0.2, -0.15) is 0 Å². The SMILES string of the molecule is Cc1ccc2nc(-c3ccc(C)c(NC(=O)c4ccc(Br)cc4)c3)oc2c1.